The Kier molecular flexibility index (Phi) is 6.57. The maximum atomic E-state index is 11.4. The quantitative estimate of drug-likeness (QED) is 0.691. The Hall–Kier alpha value is -0.570. The summed E-state index contributed by atoms with van der Waals surface area (Å²) in [4.78, 5) is 11.4. The average Bonchev–Trinajstić information content (AvgIpc) is 2.08. The van der Waals surface area contributed by atoms with Crippen LogP contribution in [0.3, 0.4) is 0 Å². The molecule has 0 aromatic rings. The summed E-state index contributed by atoms with van der Waals surface area (Å²) in [7, 11) is 1.95. The molecule has 0 aliphatic carbocycles. The molecule has 3 nitrogen and oxygen atoms in total. The van der Waals surface area contributed by atoms with Crippen LogP contribution in [0.4, 0.5) is 0 Å². The predicted molar refractivity (Wildman–Crippen MR) is 62.8 cm³/mol. The zero-order valence-corrected chi connectivity index (χ0v) is 10.7. The summed E-state index contributed by atoms with van der Waals surface area (Å²) in [5.74, 6) is 0.490. The molecular formula is C12H25NO2. The molecule has 3 heteroatoms. The normalized spacial score (nSPS) is 13.7. The summed E-state index contributed by atoms with van der Waals surface area (Å²) in [6.45, 7) is 8.87. The lowest BCUT2D eigenvalue weighted by atomic mass is 10.0. The first-order valence-corrected chi connectivity index (χ1v) is 5.71. The van der Waals surface area contributed by atoms with Crippen molar-refractivity contribution in [2.75, 3.05) is 13.6 Å². The molecule has 0 aliphatic heterocycles. The van der Waals surface area contributed by atoms with Crippen LogP contribution in [-0.4, -0.2) is 25.2 Å². The first-order valence-electron chi connectivity index (χ1n) is 5.71. The minimum absolute atomic E-state index is 0.0844. The van der Waals surface area contributed by atoms with Crippen LogP contribution in [0.5, 0.6) is 0 Å². The second-order valence-electron chi connectivity index (χ2n) is 5.12. The molecule has 0 amide bonds. The molecule has 0 rings (SSSR count). The zero-order chi connectivity index (χ0) is 11.9. The first kappa shape index (κ1) is 14.4. The molecule has 0 aliphatic rings. The molecule has 90 valence electrons. The van der Waals surface area contributed by atoms with Crippen LogP contribution in [0.25, 0.3) is 0 Å². The fourth-order valence-corrected chi connectivity index (χ4v) is 1.29. The number of hydrogen-bond donors (Lipinski definition) is 1. The number of carbonyl (C=O) groups is 1. The third-order valence-electron chi connectivity index (χ3n) is 2.15. The fraction of sp³-hybridized carbons (Fsp3) is 0.917. The van der Waals surface area contributed by atoms with E-state index in [2.05, 4.69) is 12.2 Å². The van der Waals surface area contributed by atoms with E-state index in [1.54, 1.807) is 0 Å². The van der Waals surface area contributed by atoms with Crippen LogP contribution in [0, 0.1) is 5.92 Å². The summed E-state index contributed by atoms with van der Waals surface area (Å²) < 4.78 is 5.24. The van der Waals surface area contributed by atoms with Crippen molar-refractivity contribution in [2.45, 2.75) is 52.6 Å². The minimum atomic E-state index is -0.356. The summed E-state index contributed by atoms with van der Waals surface area (Å²) >= 11 is 0. The van der Waals surface area contributed by atoms with Gasteiger partial charge < -0.3 is 10.1 Å². The Balaban J connectivity index is 3.62. The smallest absolute Gasteiger partial charge is 0.306 e. The van der Waals surface area contributed by atoms with Crippen molar-refractivity contribution in [3.05, 3.63) is 0 Å². The second kappa shape index (κ2) is 6.83. The Labute approximate surface area is 93.6 Å². The Morgan fingerprint density at radius 3 is 2.40 bits per heavy atom. The maximum absolute atomic E-state index is 11.4. The van der Waals surface area contributed by atoms with E-state index in [1.807, 2.05) is 27.8 Å². The minimum Gasteiger partial charge on any atom is -0.460 e. The summed E-state index contributed by atoms with van der Waals surface area (Å²) in [6.07, 6.45) is 2.55. The topological polar surface area (TPSA) is 38.3 Å². The van der Waals surface area contributed by atoms with E-state index >= 15 is 0 Å². The summed E-state index contributed by atoms with van der Waals surface area (Å²) in [6, 6.07) is 0. The van der Waals surface area contributed by atoms with Crippen LogP contribution in [0.2, 0.25) is 0 Å². The van der Waals surface area contributed by atoms with Gasteiger partial charge in [0.05, 0.1) is 0 Å². The van der Waals surface area contributed by atoms with Crippen molar-refractivity contribution in [1.82, 2.24) is 5.32 Å². The zero-order valence-electron chi connectivity index (χ0n) is 10.7. The van der Waals surface area contributed by atoms with Gasteiger partial charge in [0.25, 0.3) is 0 Å². The number of rotatable bonds is 6. The molecule has 15 heavy (non-hydrogen) atoms. The number of carbonyl (C=O) groups excluding carboxylic acids is 1. The number of nitrogens with one attached hydrogen (secondary N) is 1. The molecule has 0 aromatic heterocycles. The second-order valence-corrected chi connectivity index (χ2v) is 5.12. The lowest BCUT2D eigenvalue weighted by molar-refractivity contribution is -0.155. The molecule has 0 bridgehead atoms. The van der Waals surface area contributed by atoms with E-state index in [0.717, 1.165) is 19.4 Å². The van der Waals surface area contributed by atoms with Crippen molar-refractivity contribution in [3.63, 3.8) is 0 Å². The molecule has 0 heterocycles. The van der Waals surface area contributed by atoms with Crippen molar-refractivity contribution in [3.8, 4) is 0 Å². The molecule has 1 atom stereocenters. The van der Waals surface area contributed by atoms with Crippen LogP contribution >= 0.6 is 0 Å². The Bertz CT molecular complexity index is 185. The SMILES string of the molecule is CNCC[C@@H](C)CCC(=O)OC(C)(C)C. The van der Waals surface area contributed by atoms with E-state index in [0.29, 0.717) is 12.3 Å². The molecule has 0 aromatic carbocycles. The Morgan fingerprint density at radius 2 is 1.93 bits per heavy atom. The van der Waals surface area contributed by atoms with E-state index in [1.165, 1.54) is 0 Å². The highest BCUT2D eigenvalue weighted by molar-refractivity contribution is 5.69. The van der Waals surface area contributed by atoms with Gasteiger partial charge in [0.1, 0.15) is 5.60 Å². The van der Waals surface area contributed by atoms with E-state index in [-0.39, 0.29) is 11.6 Å². The van der Waals surface area contributed by atoms with Gasteiger partial charge in [-0.05, 0) is 53.1 Å². The van der Waals surface area contributed by atoms with E-state index < -0.39 is 0 Å². The lowest BCUT2D eigenvalue weighted by Gasteiger charge is -2.20. The third-order valence-corrected chi connectivity index (χ3v) is 2.15. The van der Waals surface area contributed by atoms with Crippen molar-refractivity contribution < 1.29 is 9.53 Å². The van der Waals surface area contributed by atoms with Crippen LogP contribution < -0.4 is 5.32 Å². The van der Waals surface area contributed by atoms with Crippen LogP contribution in [0.15, 0.2) is 0 Å². The molecule has 0 fully saturated rings. The van der Waals surface area contributed by atoms with Crippen molar-refractivity contribution in [1.29, 1.82) is 0 Å². The van der Waals surface area contributed by atoms with Crippen LogP contribution in [0.1, 0.15) is 47.0 Å². The standard InChI is InChI=1S/C12H25NO2/c1-10(8-9-13-5)6-7-11(14)15-12(2,3)4/h10,13H,6-9H2,1-5H3/t10-/m0/s1. The lowest BCUT2D eigenvalue weighted by Crippen LogP contribution is -2.24. The van der Waals surface area contributed by atoms with Gasteiger partial charge in [0.2, 0.25) is 0 Å². The first-order chi connectivity index (χ1) is 6.85. The molecule has 0 saturated heterocycles. The van der Waals surface area contributed by atoms with Gasteiger partial charge in [-0.25, -0.2) is 0 Å². The van der Waals surface area contributed by atoms with Gasteiger partial charge in [-0.2, -0.15) is 0 Å². The predicted octanol–water partition coefficient (Wildman–Crippen LogP) is 2.35. The van der Waals surface area contributed by atoms with Gasteiger partial charge in [-0.3, -0.25) is 4.79 Å². The van der Waals surface area contributed by atoms with Gasteiger partial charge in [0, 0.05) is 6.42 Å². The van der Waals surface area contributed by atoms with Crippen molar-refractivity contribution in [2.24, 2.45) is 5.92 Å². The fourth-order valence-electron chi connectivity index (χ4n) is 1.29. The largest absolute Gasteiger partial charge is 0.460 e. The molecule has 0 radical (unpaired) electrons. The van der Waals surface area contributed by atoms with Crippen LogP contribution in [-0.2, 0) is 9.53 Å². The van der Waals surface area contributed by atoms with E-state index in [9.17, 15) is 4.79 Å². The summed E-state index contributed by atoms with van der Waals surface area (Å²) in [5.41, 5.74) is -0.356. The Morgan fingerprint density at radius 1 is 1.33 bits per heavy atom. The average molecular weight is 215 g/mol. The van der Waals surface area contributed by atoms with Gasteiger partial charge in [-0.1, -0.05) is 6.92 Å². The number of esters is 1. The molecule has 0 unspecified atom stereocenters. The highest BCUT2D eigenvalue weighted by atomic mass is 16.6. The summed E-state index contributed by atoms with van der Waals surface area (Å²) in [5, 5.41) is 3.11. The molecular weight excluding hydrogens is 190 g/mol. The monoisotopic (exact) mass is 215 g/mol. The number of ether oxygens (including phenoxy) is 1. The number of hydrogen-bond acceptors (Lipinski definition) is 3. The van der Waals surface area contributed by atoms with E-state index in [4.69, 9.17) is 4.74 Å². The molecule has 1 N–H and O–H groups in total. The van der Waals surface area contributed by atoms with Gasteiger partial charge in [-0.15, -0.1) is 0 Å². The highest BCUT2D eigenvalue weighted by Crippen LogP contribution is 2.13. The highest BCUT2D eigenvalue weighted by Gasteiger charge is 2.16. The van der Waals surface area contributed by atoms with Crippen molar-refractivity contribution >= 4 is 5.97 Å². The molecule has 0 spiro atoms. The molecule has 0 saturated carbocycles. The maximum Gasteiger partial charge on any atom is 0.306 e. The van der Waals surface area contributed by atoms with Gasteiger partial charge >= 0.3 is 5.97 Å². The van der Waals surface area contributed by atoms with Gasteiger partial charge in [0.15, 0.2) is 0 Å². The third kappa shape index (κ3) is 9.73.